The summed E-state index contributed by atoms with van der Waals surface area (Å²) in [4.78, 5) is 23.5. The molecule has 1 amide bonds. The van der Waals surface area contributed by atoms with Crippen LogP contribution in [0.15, 0.2) is 48.7 Å². The largest absolute Gasteiger partial charge is 0.493 e. The van der Waals surface area contributed by atoms with Gasteiger partial charge in [-0.05, 0) is 26.0 Å². The summed E-state index contributed by atoms with van der Waals surface area (Å²) < 4.78 is 12.5. The number of hydrogen-bond acceptors (Lipinski definition) is 6. The molecule has 9 nitrogen and oxygen atoms in total. The van der Waals surface area contributed by atoms with Crippen molar-refractivity contribution in [3.05, 3.63) is 69.5 Å². The fourth-order valence-electron chi connectivity index (χ4n) is 2.80. The summed E-state index contributed by atoms with van der Waals surface area (Å²) in [6, 6.07) is 10.2. The summed E-state index contributed by atoms with van der Waals surface area (Å²) in [7, 11) is 1.49. The molecular weight excluding hydrogens is 412 g/mol. The number of benzene rings is 2. The van der Waals surface area contributed by atoms with Gasteiger partial charge in [0.25, 0.3) is 5.69 Å². The molecule has 0 saturated carbocycles. The van der Waals surface area contributed by atoms with Crippen molar-refractivity contribution < 1.29 is 19.2 Å². The van der Waals surface area contributed by atoms with E-state index >= 15 is 0 Å². The number of halogens is 1. The number of aromatic nitrogens is 2. The minimum absolute atomic E-state index is 0.176. The molecule has 2 aromatic carbocycles. The molecule has 1 N–H and O–H groups in total. The van der Waals surface area contributed by atoms with Crippen LogP contribution in [0.4, 0.5) is 11.4 Å². The Hall–Kier alpha value is -3.59. The quantitative estimate of drug-likeness (QED) is 0.427. The van der Waals surface area contributed by atoms with Gasteiger partial charge in [0, 0.05) is 12.1 Å². The molecule has 10 heteroatoms. The summed E-state index contributed by atoms with van der Waals surface area (Å²) >= 11 is 6.00. The first kappa shape index (κ1) is 21.1. The van der Waals surface area contributed by atoms with Gasteiger partial charge in [-0.25, -0.2) is 0 Å². The highest BCUT2D eigenvalue weighted by molar-refractivity contribution is 6.31. The second-order valence-electron chi connectivity index (χ2n) is 6.41. The topological polar surface area (TPSA) is 109 Å². The Morgan fingerprint density at radius 3 is 2.57 bits per heavy atom. The summed E-state index contributed by atoms with van der Waals surface area (Å²) in [5.74, 6) is 0.610. The van der Waals surface area contributed by atoms with Crippen molar-refractivity contribution in [3.63, 3.8) is 0 Å². The van der Waals surface area contributed by atoms with Crippen molar-refractivity contribution >= 4 is 28.9 Å². The molecule has 1 aromatic heterocycles. The third-order valence-corrected chi connectivity index (χ3v) is 4.77. The molecule has 3 rings (SSSR count). The zero-order valence-electron chi connectivity index (χ0n) is 16.5. The molecule has 156 valence electrons. The van der Waals surface area contributed by atoms with Gasteiger partial charge in [0.15, 0.2) is 11.5 Å². The first-order valence-corrected chi connectivity index (χ1v) is 9.28. The lowest BCUT2D eigenvalue weighted by molar-refractivity contribution is -0.384. The summed E-state index contributed by atoms with van der Waals surface area (Å²) in [6.45, 7) is 3.39. The molecule has 0 aliphatic rings. The number of ether oxygens (including phenoxy) is 2. The molecule has 30 heavy (non-hydrogen) atoms. The van der Waals surface area contributed by atoms with Crippen molar-refractivity contribution in [2.24, 2.45) is 0 Å². The van der Waals surface area contributed by atoms with E-state index in [9.17, 15) is 14.9 Å². The van der Waals surface area contributed by atoms with Gasteiger partial charge in [-0.2, -0.15) is 5.10 Å². The zero-order valence-corrected chi connectivity index (χ0v) is 17.2. The molecule has 1 unspecified atom stereocenters. The number of rotatable bonds is 7. The Kier molecular flexibility index (Phi) is 6.22. The maximum absolute atomic E-state index is 12.7. The number of nitro benzene ring substituents is 1. The molecule has 0 aliphatic heterocycles. The number of nitrogens with zero attached hydrogens (tertiary/aromatic N) is 3. The lowest BCUT2D eigenvalue weighted by Gasteiger charge is -2.15. The SMILES string of the molecule is COc1ccccc1Oc1cc(NC(=O)C(C)n2ncc(Cl)c2C)cc([N+](=O)[O-])c1. The van der Waals surface area contributed by atoms with Gasteiger partial charge in [-0.3, -0.25) is 19.6 Å². The van der Waals surface area contributed by atoms with E-state index in [0.717, 1.165) is 0 Å². The van der Waals surface area contributed by atoms with E-state index < -0.39 is 16.9 Å². The van der Waals surface area contributed by atoms with Crippen molar-refractivity contribution in [1.82, 2.24) is 9.78 Å². The first-order chi connectivity index (χ1) is 14.3. The van der Waals surface area contributed by atoms with E-state index in [-0.39, 0.29) is 17.1 Å². The monoisotopic (exact) mass is 430 g/mol. The van der Waals surface area contributed by atoms with Gasteiger partial charge < -0.3 is 14.8 Å². The second-order valence-corrected chi connectivity index (χ2v) is 6.82. The zero-order chi connectivity index (χ0) is 21.8. The molecule has 1 heterocycles. The van der Waals surface area contributed by atoms with Gasteiger partial charge >= 0.3 is 0 Å². The van der Waals surface area contributed by atoms with E-state index in [0.29, 0.717) is 22.2 Å². The lowest BCUT2D eigenvalue weighted by atomic mass is 10.2. The molecule has 0 saturated heterocycles. The van der Waals surface area contributed by atoms with Crippen molar-refractivity contribution in [3.8, 4) is 17.2 Å². The van der Waals surface area contributed by atoms with Gasteiger partial charge in [-0.15, -0.1) is 0 Å². The number of nitro groups is 1. The van der Waals surface area contributed by atoms with Crippen molar-refractivity contribution in [1.29, 1.82) is 0 Å². The summed E-state index contributed by atoms with van der Waals surface area (Å²) in [6.07, 6.45) is 1.45. The molecule has 0 bridgehead atoms. The van der Waals surface area contributed by atoms with Crippen molar-refractivity contribution in [2.75, 3.05) is 12.4 Å². The smallest absolute Gasteiger partial charge is 0.275 e. The molecule has 1 atom stereocenters. The Morgan fingerprint density at radius 1 is 1.27 bits per heavy atom. The fourth-order valence-corrected chi connectivity index (χ4v) is 2.93. The summed E-state index contributed by atoms with van der Waals surface area (Å²) in [5, 5.41) is 18.6. The van der Waals surface area contributed by atoms with Crippen LogP contribution in [0.25, 0.3) is 0 Å². The van der Waals surface area contributed by atoms with Gasteiger partial charge in [0.1, 0.15) is 11.8 Å². The number of carbonyl (C=O) groups excluding carboxylic acids is 1. The van der Waals surface area contributed by atoms with Crippen LogP contribution in [0, 0.1) is 17.0 Å². The average Bonchev–Trinajstić information content (AvgIpc) is 3.06. The Morgan fingerprint density at radius 2 is 1.97 bits per heavy atom. The normalized spacial score (nSPS) is 11.6. The Bertz CT molecular complexity index is 1100. The number of non-ortho nitro benzene ring substituents is 1. The predicted octanol–water partition coefficient (Wildman–Crippen LogP) is 4.75. The van der Waals surface area contributed by atoms with Crippen LogP contribution in [0.1, 0.15) is 18.7 Å². The number of nitrogens with one attached hydrogen (secondary N) is 1. The van der Waals surface area contributed by atoms with Gasteiger partial charge in [0.2, 0.25) is 5.91 Å². The van der Waals surface area contributed by atoms with Crippen LogP contribution in [0.3, 0.4) is 0 Å². The molecule has 0 aliphatic carbocycles. The fraction of sp³-hybridized carbons (Fsp3) is 0.200. The Balaban J connectivity index is 1.88. The number of para-hydroxylation sites is 2. The third kappa shape index (κ3) is 4.52. The van der Waals surface area contributed by atoms with Crippen molar-refractivity contribution in [2.45, 2.75) is 19.9 Å². The highest BCUT2D eigenvalue weighted by atomic mass is 35.5. The molecular formula is C20H19ClN4O5. The maximum Gasteiger partial charge on any atom is 0.275 e. The number of hydrogen-bond donors (Lipinski definition) is 1. The van der Waals surface area contributed by atoms with E-state index in [1.54, 1.807) is 38.1 Å². The first-order valence-electron chi connectivity index (χ1n) is 8.91. The maximum atomic E-state index is 12.7. The van der Waals surface area contributed by atoms with E-state index in [2.05, 4.69) is 10.4 Å². The van der Waals surface area contributed by atoms with E-state index in [1.807, 2.05) is 0 Å². The average molecular weight is 431 g/mol. The molecule has 0 fully saturated rings. The molecule has 0 spiro atoms. The van der Waals surface area contributed by atoms with Gasteiger partial charge in [-0.1, -0.05) is 23.7 Å². The number of amides is 1. The minimum atomic E-state index is -0.685. The standard InChI is InChI=1S/C20H19ClN4O5/c1-12-17(21)11-22-24(12)13(2)20(26)23-14-8-15(25(27)28)10-16(9-14)30-19-7-5-4-6-18(19)29-3/h4-11,13H,1-3H3,(H,23,26). The van der Waals surface area contributed by atoms with Crippen LogP contribution in [-0.2, 0) is 4.79 Å². The predicted molar refractivity (Wildman–Crippen MR) is 111 cm³/mol. The van der Waals surface area contributed by atoms with E-state index in [4.69, 9.17) is 21.1 Å². The highest BCUT2D eigenvalue weighted by Crippen LogP contribution is 2.34. The number of carbonyl (C=O) groups is 1. The van der Waals surface area contributed by atoms with Crippen LogP contribution >= 0.6 is 11.6 Å². The second kappa shape index (κ2) is 8.83. The molecule has 3 aromatic rings. The lowest BCUT2D eigenvalue weighted by Crippen LogP contribution is -2.25. The van der Waals surface area contributed by atoms with Gasteiger partial charge in [0.05, 0.1) is 40.7 Å². The van der Waals surface area contributed by atoms with Crippen LogP contribution in [-0.4, -0.2) is 27.7 Å². The van der Waals surface area contributed by atoms with Crippen LogP contribution in [0.5, 0.6) is 17.2 Å². The Labute approximate surface area is 177 Å². The minimum Gasteiger partial charge on any atom is -0.493 e. The number of anilines is 1. The summed E-state index contributed by atoms with van der Waals surface area (Å²) in [5.41, 5.74) is 0.615. The highest BCUT2D eigenvalue weighted by Gasteiger charge is 2.21. The van der Waals surface area contributed by atoms with Crippen LogP contribution < -0.4 is 14.8 Å². The third-order valence-electron chi connectivity index (χ3n) is 4.40. The number of methoxy groups -OCH3 is 1. The van der Waals surface area contributed by atoms with E-state index in [1.165, 1.54) is 36.2 Å². The van der Waals surface area contributed by atoms with Crippen LogP contribution in [0.2, 0.25) is 5.02 Å². The molecule has 0 radical (unpaired) electrons.